The van der Waals surface area contributed by atoms with Gasteiger partial charge in [-0.2, -0.15) is 0 Å². The second-order valence-electron chi connectivity index (χ2n) is 20.2. The van der Waals surface area contributed by atoms with Crippen LogP contribution in [0, 0.1) is 0 Å². The Morgan fingerprint density at radius 1 is 0.280 bits per heavy atom. The van der Waals surface area contributed by atoms with Crippen molar-refractivity contribution in [3.05, 3.63) is 122 Å². The van der Waals surface area contributed by atoms with Crippen LogP contribution in [0.4, 0.5) is 0 Å². The summed E-state index contributed by atoms with van der Waals surface area (Å²) in [4.78, 5) is 38.3. The number of rotatable bonds is 55. The molecule has 0 saturated heterocycles. The molecule has 0 radical (unpaired) electrons. The Labute approximate surface area is 462 Å². The van der Waals surface area contributed by atoms with E-state index in [2.05, 4.69) is 142 Å². The first-order chi connectivity index (χ1) is 37.0. The maximum Gasteiger partial charge on any atom is 0.306 e. The van der Waals surface area contributed by atoms with Gasteiger partial charge in [0, 0.05) is 19.3 Å². The van der Waals surface area contributed by atoms with Crippen LogP contribution in [0.15, 0.2) is 122 Å². The van der Waals surface area contributed by atoms with Crippen molar-refractivity contribution in [2.45, 2.75) is 284 Å². The maximum absolute atomic E-state index is 12.9. The highest BCUT2D eigenvalue weighted by molar-refractivity contribution is 5.71. The molecule has 0 aliphatic carbocycles. The highest BCUT2D eigenvalue weighted by atomic mass is 16.6. The van der Waals surface area contributed by atoms with Crippen molar-refractivity contribution in [1.29, 1.82) is 0 Å². The van der Waals surface area contributed by atoms with E-state index in [-0.39, 0.29) is 37.5 Å². The molecule has 0 aromatic carbocycles. The molecule has 0 unspecified atom stereocenters. The van der Waals surface area contributed by atoms with Crippen molar-refractivity contribution in [2.75, 3.05) is 13.2 Å². The molecule has 0 bridgehead atoms. The molecular weight excluding hydrogens is 925 g/mol. The van der Waals surface area contributed by atoms with Gasteiger partial charge in [0.25, 0.3) is 0 Å². The third-order valence-electron chi connectivity index (χ3n) is 13.0. The molecule has 0 spiro atoms. The van der Waals surface area contributed by atoms with Gasteiger partial charge < -0.3 is 14.2 Å². The summed E-state index contributed by atoms with van der Waals surface area (Å²) in [6, 6.07) is 0. The summed E-state index contributed by atoms with van der Waals surface area (Å²) in [7, 11) is 0. The second-order valence-corrected chi connectivity index (χ2v) is 20.2. The van der Waals surface area contributed by atoms with Crippen molar-refractivity contribution in [3.63, 3.8) is 0 Å². The van der Waals surface area contributed by atoms with E-state index < -0.39 is 6.10 Å². The number of hydrogen-bond donors (Lipinski definition) is 0. The number of unbranched alkanes of at least 4 members (excludes halogenated alkanes) is 24. The van der Waals surface area contributed by atoms with E-state index in [1.54, 1.807) is 0 Å². The molecule has 6 heteroatoms. The van der Waals surface area contributed by atoms with Crippen LogP contribution in [0.25, 0.3) is 0 Å². The molecule has 0 saturated carbocycles. The maximum atomic E-state index is 12.9. The summed E-state index contributed by atoms with van der Waals surface area (Å²) in [6.45, 7) is 6.38. The first-order valence-electron chi connectivity index (χ1n) is 31.0. The lowest BCUT2D eigenvalue weighted by Gasteiger charge is -2.18. The third-order valence-corrected chi connectivity index (χ3v) is 13.0. The molecule has 0 amide bonds. The fourth-order valence-electron chi connectivity index (χ4n) is 8.38. The standard InChI is InChI=1S/C69H114O6/c1-4-7-10-13-16-19-22-25-28-31-34-37-40-43-46-49-52-55-58-61-67(70)73-64-66(75-69(72)63-60-57-54-51-48-45-42-39-36-33-30-27-24-21-18-15-12-9-6-3)65-74-68(71)62-59-56-53-50-47-44-41-38-35-32-29-26-23-20-17-14-11-8-5-2/h7,9-10,12,16,18-19,21,25,27-28,30,34,36-37,39,43,45-46,48,66H,4-6,8,11,13-15,17,20,22-24,26,29,31-33,35,38,40-42,44,47,49-65H2,1-3H3/b10-7+,12-9+,19-16+,21-18+,28-25+,30-27+,37-34+,39-36+,46-43+,48-45+/t66-/m0/s1. The summed E-state index contributed by atoms with van der Waals surface area (Å²) in [6.07, 6.45) is 86.2. The number of esters is 3. The summed E-state index contributed by atoms with van der Waals surface area (Å²) in [5.41, 5.74) is 0. The van der Waals surface area contributed by atoms with E-state index >= 15 is 0 Å². The van der Waals surface area contributed by atoms with E-state index in [1.807, 2.05) is 0 Å². The largest absolute Gasteiger partial charge is 0.462 e. The van der Waals surface area contributed by atoms with Gasteiger partial charge in [0.2, 0.25) is 0 Å². The number of carbonyl (C=O) groups excluding carboxylic acids is 3. The zero-order valence-electron chi connectivity index (χ0n) is 48.8. The van der Waals surface area contributed by atoms with Crippen LogP contribution in [0.3, 0.4) is 0 Å². The fourth-order valence-corrected chi connectivity index (χ4v) is 8.38. The normalized spacial score (nSPS) is 12.9. The lowest BCUT2D eigenvalue weighted by atomic mass is 10.0. The highest BCUT2D eigenvalue weighted by Gasteiger charge is 2.19. The molecule has 0 aromatic heterocycles. The first-order valence-corrected chi connectivity index (χ1v) is 31.0. The van der Waals surface area contributed by atoms with E-state index in [0.29, 0.717) is 12.8 Å². The second kappa shape index (κ2) is 62.4. The quantitative estimate of drug-likeness (QED) is 0.0261. The lowest BCUT2D eigenvalue weighted by Crippen LogP contribution is -2.30. The molecule has 426 valence electrons. The first kappa shape index (κ1) is 70.8. The Balaban J connectivity index is 4.50. The van der Waals surface area contributed by atoms with Crippen molar-refractivity contribution in [1.82, 2.24) is 0 Å². The zero-order chi connectivity index (χ0) is 54.3. The van der Waals surface area contributed by atoms with Crippen LogP contribution in [0.1, 0.15) is 278 Å². The molecule has 0 aliphatic rings. The van der Waals surface area contributed by atoms with E-state index in [4.69, 9.17) is 14.2 Å². The summed E-state index contributed by atoms with van der Waals surface area (Å²) < 4.78 is 16.9. The van der Waals surface area contributed by atoms with Crippen LogP contribution in [-0.2, 0) is 28.6 Å². The summed E-state index contributed by atoms with van der Waals surface area (Å²) >= 11 is 0. The van der Waals surface area contributed by atoms with Gasteiger partial charge in [0.05, 0.1) is 0 Å². The van der Waals surface area contributed by atoms with Crippen LogP contribution in [0.5, 0.6) is 0 Å². The van der Waals surface area contributed by atoms with Gasteiger partial charge in [-0.15, -0.1) is 0 Å². The minimum absolute atomic E-state index is 0.103. The van der Waals surface area contributed by atoms with Gasteiger partial charge >= 0.3 is 17.9 Å². The van der Waals surface area contributed by atoms with Crippen molar-refractivity contribution in [2.24, 2.45) is 0 Å². The molecule has 75 heavy (non-hydrogen) atoms. The van der Waals surface area contributed by atoms with Gasteiger partial charge in [-0.3, -0.25) is 14.4 Å². The minimum Gasteiger partial charge on any atom is -0.462 e. The van der Waals surface area contributed by atoms with E-state index in [1.165, 1.54) is 103 Å². The Hall–Kier alpha value is -4.19. The predicted molar refractivity (Wildman–Crippen MR) is 325 cm³/mol. The number of hydrogen-bond acceptors (Lipinski definition) is 6. The molecule has 6 nitrogen and oxygen atoms in total. The zero-order valence-corrected chi connectivity index (χ0v) is 48.8. The monoisotopic (exact) mass is 1040 g/mol. The van der Waals surface area contributed by atoms with Crippen molar-refractivity contribution >= 4 is 17.9 Å². The van der Waals surface area contributed by atoms with Crippen molar-refractivity contribution in [3.8, 4) is 0 Å². The van der Waals surface area contributed by atoms with Gasteiger partial charge in [0.15, 0.2) is 6.10 Å². The van der Waals surface area contributed by atoms with Crippen LogP contribution < -0.4 is 0 Å². The Morgan fingerprint density at radius 2 is 0.520 bits per heavy atom. The number of ether oxygens (including phenoxy) is 3. The molecule has 0 N–H and O–H groups in total. The van der Waals surface area contributed by atoms with Crippen LogP contribution in [0.2, 0.25) is 0 Å². The van der Waals surface area contributed by atoms with Crippen LogP contribution in [-0.4, -0.2) is 37.2 Å². The average Bonchev–Trinajstić information content (AvgIpc) is 3.41. The lowest BCUT2D eigenvalue weighted by molar-refractivity contribution is -0.167. The Morgan fingerprint density at radius 3 is 0.813 bits per heavy atom. The SMILES string of the molecule is CC/C=C/C/C=C/C/C=C/C/C=C/C/C=C/CCCCCC(=O)OC[C@@H](COC(=O)CCCCCCCCCCCCCCCCCCCCC)OC(=O)CCCCC/C=C/C/C=C/C/C=C/C/C=C/C/C=C/CC. The fraction of sp³-hybridized carbons (Fsp3) is 0.667. The minimum atomic E-state index is -0.813. The van der Waals surface area contributed by atoms with Gasteiger partial charge in [-0.25, -0.2) is 0 Å². The summed E-state index contributed by atoms with van der Waals surface area (Å²) in [5.74, 6) is -0.964. The van der Waals surface area contributed by atoms with Gasteiger partial charge in [0.1, 0.15) is 13.2 Å². The predicted octanol–water partition coefficient (Wildman–Crippen LogP) is 21.2. The molecule has 1 atom stereocenters. The smallest absolute Gasteiger partial charge is 0.306 e. The number of carbonyl (C=O) groups is 3. The molecule has 0 heterocycles. The Kier molecular flexibility index (Phi) is 58.9. The average molecular weight is 1040 g/mol. The van der Waals surface area contributed by atoms with Crippen LogP contribution >= 0.6 is 0 Å². The molecule has 0 aliphatic heterocycles. The number of allylic oxidation sites excluding steroid dienone is 20. The highest BCUT2D eigenvalue weighted by Crippen LogP contribution is 2.16. The topological polar surface area (TPSA) is 78.9 Å². The molecule has 0 rings (SSSR count). The van der Waals surface area contributed by atoms with E-state index in [0.717, 1.165) is 135 Å². The molecule has 0 aromatic rings. The van der Waals surface area contributed by atoms with Crippen molar-refractivity contribution < 1.29 is 28.6 Å². The summed E-state index contributed by atoms with van der Waals surface area (Å²) in [5, 5.41) is 0. The molecular formula is C69H114O6. The molecule has 0 fully saturated rings. The Bertz CT molecular complexity index is 1570. The third kappa shape index (κ3) is 60.6. The van der Waals surface area contributed by atoms with Gasteiger partial charge in [-0.05, 0) is 109 Å². The van der Waals surface area contributed by atoms with E-state index in [9.17, 15) is 14.4 Å². The van der Waals surface area contributed by atoms with Gasteiger partial charge in [-0.1, -0.05) is 271 Å².